The first-order valence-electron chi connectivity index (χ1n) is 9.31. The lowest BCUT2D eigenvalue weighted by Gasteiger charge is -2.43. The lowest BCUT2D eigenvalue weighted by Crippen LogP contribution is -2.53. The Kier molecular flexibility index (Phi) is 6.09. The van der Waals surface area contributed by atoms with Gasteiger partial charge in [0.2, 0.25) is 5.91 Å². The summed E-state index contributed by atoms with van der Waals surface area (Å²) >= 11 is 0. The Morgan fingerprint density at radius 2 is 2.04 bits per heavy atom. The number of rotatable bonds is 5. The molecule has 2 aliphatic heterocycles. The Morgan fingerprint density at radius 3 is 2.68 bits per heavy atom. The fourth-order valence-electron chi connectivity index (χ4n) is 3.91. The molecule has 0 radical (unpaired) electrons. The van der Waals surface area contributed by atoms with E-state index in [2.05, 4.69) is 10.00 Å². The first kappa shape index (κ1) is 18.4. The van der Waals surface area contributed by atoms with Crippen LogP contribution in [-0.2, 0) is 16.6 Å². The molecule has 25 heavy (non-hydrogen) atoms. The van der Waals surface area contributed by atoms with Crippen molar-refractivity contribution in [3.63, 3.8) is 0 Å². The van der Waals surface area contributed by atoms with Crippen molar-refractivity contribution in [2.75, 3.05) is 53.4 Å². The van der Waals surface area contributed by atoms with Gasteiger partial charge in [-0.2, -0.15) is 5.10 Å². The second-order valence-electron chi connectivity index (χ2n) is 7.49. The number of aromatic nitrogens is 2. The minimum Gasteiger partial charge on any atom is -0.373 e. The fraction of sp³-hybridized carbons (Fsp3) is 0.778. The van der Waals surface area contributed by atoms with Crippen molar-refractivity contribution in [1.82, 2.24) is 24.5 Å². The summed E-state index contributed by atoms with van der Waals surface area (Å²) in [6, 6.07) is -0.0585. The van der Waals surface area contributed by atoms with E-state index in [0.29, 0.717) is 19.7 Å². The lowest BCUT2D eigenvalue weighted by atomic mass is 9.99. The van der Waals surface area contributed by atoms with Crippen molar-refractivity contribution in [1.29, 1.82) is 0 Å². The Bertz CT molecular complexity index is 568. The number of likely N-dealkylation sites (N-methyl/N-ethyl adjacent to an activating group) is 1. The highest BCUT2D eigenvalue weighted by Crippen LogP contribution is 2.30. The molecule has 0 unspecified atom stereocenters. The van der Waals surface area contributed by atoms with E-state index < -0.39 is 0 Å². The third-order valence-corrected chi connectivity index (χ3v) is 5.08. The van der Waals surface area contributed by atoms with Crippen molar-refractivity contribution in [3.8, 4) is 0 Å². The predicted molar refractivity (Wildman–Crippen MR) is 96.2 cm³/mol. The monoisotopic (exact) mass is 349 g/mol. The van der Waals surface area contributed by atoms with Gasteiger partial charge in [-0.25, -0.2) is 0 Å². The normalized spacial score (nSPS) is 25.5. The Morgan fingerprint density at radius 1 is 1.28 bits per heavy atom. The average Bonchev–Trinajstić information content (AvgIpc) is 3.01. The molecule has 3 rings (SSSR count). The van der Waals surface area contributed by atoms with Gasteiger partial charge in [-0.05, 0) is 40.0 Å². The van der Waals surface area contributed by atoms with E-state index in [0.717, 1.165) is 25.2 Å². The molecule has 140 valence electrons. The number of amides is 1. The van der Waals surface area contributed by atoms with Crippen LogP contribution < -0.4 is 0 Å². The Hall–Kier alpha value is -1.44. The van der Waals surface area contributed by atoms with E-state index in [4.69, 9.17) is 4.74 Å². The van der Waals surface area contributed by atoms with Crippen LogP contribution in [0.25, 0.3) is 0 Å². The second-order valence-corrected chi connectivity index (χ2v) is 7.49. The van der Waals surface area contributed by atoms with Crippen LogP contribution in [0.3, 0.4) is 0 Å². The molecule has 0 saturated carbocycles. The van der Waals surface area contributed by atoms with E-state index in [1.807, 2.05) is 43.3 Å². The van der Waals surface area contributed by atoms with Crippen LogP contribution in [-0.4, -0.2) is 89.9 Å². The van der Waals surface area contributed by atoms with Gasteiger partial charge in [0.05, 0.1) is 31.5 Å². The van der Waals surface area contributed by atoms with Gasteiger partial charge in [0.1, 0.15) is 0 Å². The summed E-state index contributed by atoms with van der Waals surface area (Å²) in [4.78, 5) is 19.2. The molecule has 7 nitrogen and oxygen atoms in total. The van der Waals surface area contributed by atoms with Gasteiger partial charge in [0.25, 0.3) is 0 Å². The molecule has 0 aromatic carbocycles. The van der Waals surface area contributed by atoms with Crippen molar-refractivity contribution in [2.45, 2.75) is 31.4 Å². The Labute approximate surface area is 150 Å². The summed E-state index contributed by atoms with van der Waals surface area (Å²) in [6.07, 6.45) is 7.72. The van der Waals surface area contributed by atoms with Crippen LogP contribution in [0.2, 0.25) is 0 Å². The van der Waals surface area contributed by atoms with Crippen LogP contribution in [0.1, 0.15) is 30.9 Å². The number of nitrogens with zero attached hydrogens (tertiary/aromatic N) is 5. The zero-order valence-corrected chi connectivity index (χ0v) is 15.7. The summed E-state index contributed by atoms with van der Waals surface area (Å²) in [6.45, 7) is 4.81. The molecule has 0 bridgehead atoms. The number of aryl methyl sites for hydroxylation is 1. The minimum atomic E-state index is -0.0585. The maximum atomic E-state index is 12.8. The summed E-state index contributed by atoms with van der Waals surface area (Å²) < 4.78 is 7.96. The molecule has 7 heteroatoms. The number of ether oxygens (including phenoxy) is 1. The largest absolute Gasteiger partial charge is 0.373 e. The van der Waals surface area contributed by atoms with Crippen LogP contribution in [0.5, 0.6) is 0 Å². The van der Waals surface area contributed by atoms with E-state index in [-0.39, 0.29) is 18.1 Å². The highest BCUT2D eigenvalue weighted by atomic mass is 16.5. The minimum absolute atomic E-state index is 0.00200. The number of hydrogen-bond acceptors (Lipinski definition) is 5. The van der Waals surface area contributed by atoms with Crippen LogP contribution in [0.15, 0.2) is 12.4 Å². The summed E-state index contributed by atoms with van der Waals surface area (Å²) in [5.41, 5.74) is 1.07. The van der Waals surface area contributed by atoms with E-state index in [1.54, 1.807) is 4.68 Å². The summed E-state index contributed by atoms with van der Waals surface area (Å²) in [7, 11) is 5.78. The number of carbonyl (C=O) groups is 1. The zero-order valence-electron chi connectivity index (χ0n) is 15.7. The topological polar surface area (TPSA) is 53.8 Å². The highest BCUT2D eigenvalue weighted by Gasteiger charge is 2.38. The number of morpholine rings is 1. The molecular formula is C18H31N5O2. The number of likely N-dealkylation sites (tertiary alicyclic amines) is 1. The zero-order chi connectivity index (χ0) is 17.8. The van der Waals surface area contributed by atoms with E-state index >= 15 is 0 Å². The number of piperidine rings is 1. The molecule has 2 aliphatic rings. The van der Waals surface area contributed by atoms with Gasteiger partial charge in [0.15, 0.2) is 0 Å². The average molecular weight is 349 g/mol. The number of hydrogen-bond donors (Lipinski definition) is 0. The molecule has 2 fully saturated rings. The second kappa shape index (κ2) is 8.29. The van der Waals surface area contributed by atoms with Gasteiger partial charge in [-0.3, -0.25) is 9.48 Å². The van der Waals surface area contributed by atoms with Gasteiger partial charge < -0.3 is 19.4 Å². The molecule has 1 amide bonds. The standard InChI is InChI=1S/C18H31N5O2/c1-20(2)14-17(24)23-9-10-25-16(13-22-7-5-4-6-8-22)18(23)15-11-19-21(3)12-15/h11-12,16,18H,4-10,13-14H2,1-3H3/t16-,18-/m0/s1. The van der Waals surface area contributed by atoms with E-state index in [9.17, 15) is 4.79 Å². The molecule has 0 spiro atoms. The highest BCUT2D eigenvalue weighted by molar-refractivity contribution is 5.79. The first-order valence-corrected chi connectivity index (χ1v) is 9.31. The van der Waals surface area contributed by atoms with Crippen molar-refractivity contribution in [3.05, 3.63) is 18.0 Å². The molecule has 3 heterocycles. The molecule has 1 aromatic heterocycles. The lowest BCUT2D eigenvalue weighted by molar-refractivity contribution is -0.149. The SMILES string of the molecule is CN(C)CC(=O)N1CCO[C@@H](CN2CCCCC2)[C@@H]1c1cnn(C)c1. The summed E-state index contributed by atoms with van der Waals surface area (Å²) in [5, 5.41) is 4.33. The molecule has 2 atom stereocenters. The summed E-state index contributed by atoms with van der Waals surface area (Å²) in [5.74, 6) is 0.158. The smallest absolute Gasteiger partial charge is 0.237 e. The van der Waals surface area contributed by atoms with Crippen LogP contribution >= 0.6 is 0 Å². The van der Waals surface area contributed by atoms with Gasteiger partial charge in [-0.1, -0.05) is 6.42 Å². The van der Waals surface area contributed by atoms with Crippen molar-refractivity contribution in [2.24, 2.45) is 7.05 Å². The molecule has 1 aromatic rings. The van der Waals surface area contributed by atoms with Crippen LogP contribution in [0, 0.1) is 0 Å². The maximum Gasteiger partial charge on any atom is 0.237 e. The maximum absolute atomic E-state index is 12.8. The third-order valence-electron chi connectivity index (χ3n) is 5.08. The first-order chi connectivity index (χ1) is 12.0. The third kappa shape index (κ3) is 4.59. The molecule has 2 saturated heterocycles. The van der Waals surface area contributed by atoms with Crippen molar-refractivity contribution >= 4 is 5.91 Å². The van der Waals surface area contributed by atoms with E-state index in [1.165, 1.54) is 19.3 Å². The number of carbonyl (C=O) groups excluding carboxylic acids is 1. The molecular weight excluding hydrogens is 318 g/mol. The van der Waals surface area contributed by atoms with Gasteiger partial charge in [0, 0.05) is 31.9 Å². The van der Waals surface area contributed by atoms with Gasteiger partial charge in [-0.15, -0.1) is 0 Å². The fourth-order valence-corrected chi connectivity index (χ4v) is 3.91. The quantitative estimate of drug-likeness (QED) is 0.785. The van der Waals surface area contributed by atoms with Crippen molar-refractivity contribution < 1.29 is 9.53 Å². The molecule has 0 aliphatic carbocycles. The van der Waals surface area contributed by atoms with Gasteiger partial charge >= 0.3 is 0 Å². The van der Waals surface area contributed by atoms with Crippen LogP contribution in [0.4, 0.5) is 0 Å². The predicted octanol–water partition coefficient (Wildman–Crippen LogP) is 0.736. The Balaban J connectivity index is 1.80. The molecule has 0 N–H and O–H groups in total.